The van der Waals surface area contributed by atoms with Crippen molar-refractivity contribution in [3.8, 4) is 0 Å². The predicted molar refractivity (Wildman–Crippen MR) is 66.3 cm³/mol. The lowest BCUT2D eigenvalue weighted by Crippen LogP contribution is -2.27. The summed E-state index contributed by atoms with van der Waals surface area (Å²) in [5.41, 5.74) is 7.94. The zero-order valence-electron chi connectivity index (χ0n) is 9.96. The predicted octanol–water partition coefficient (Wildman–Crippen LogP) is 4.05. The molecule has 0 aromatic rings. The van der Waals surface area contributed by atoms with E-state index in [0.717, 1.165) is 12.8 Å². The van der Waals surface area contributed by atoms with E-state index in [1.54, 1.807) is 0 Å². The summed E-state index contributed by atoms with van der Waals surface area (Å²) in [4.78, 5) is 2.72. The van der Waals surface area contributed by atoms with Gasteiger partial charge in [0.15, 0.2) is 0 Å². The highest BCUT2D eigenvalue weighted by molar-refractivity contribution is 9.10. The smallest absolute Gasteiger partial charge is 0.0627 e. The highest BCUT2D eigenvalue weighted by Gasteiger charge is 2.19. The quantitative estimate of drug-likeness (QED) is 0.300. The summed E-state index contributed by atoms with van der Waals surface area (Å²) in [5.74, 6) is 0. The average Bonchev–Trinajstić information content (AvgIpc) is 2.01. The molecule has 0 bridgehead atoms. The first-order valence-corrected chi connectivity index (χ1v) is 5.90. The Morgan fingerprint density at radius 3 is 2.33 bits per heavy atom. The molecule has 0 aromatic heterocycles. The second-order valence-electron chi connectivity index (χ2n) is 4.78. The van der Waals surface area contributed by atoms with Crippen molar-refractivity contribution in [2.24, 2.45) is 5.11 Å². The van der Waals surface area contributed by atoms with Gasteiger partial charge in [0.2, 0.25) is 0 Å². The summed E-state index contributed by atoms with van der Waals surface area (Å²) in [6.45, 7) is 9.46. The van der Waals surface area contributed by atoms with Crippen LogP contribution in [0.15, 0.2) is 5.11 Å². The zero-order chi connectivity index (χ0) is 11.9. The van der Waals surface area contributed by atoms with Crippen LogP contribution in [0.1, 0.15) is 40.5 Å². The molecule has 0 heterocycles. The van der Waals surface area contributed by atoms with E-state index in [4.69, 9.17) is 10.3 Å². The molecule has 0 radical (unpaired) electrons. The van der Waals surface area contributed by atoms with Crippen LogP contribution in [0.25, 0.3) is 10.4 Å². The first-order valence-electron chi connectivity index (χ1n) is 5.11. The summed E-state index contributed by atoms with van der Waals surface area (Å²) in [6, 6.07) is 0. The molecule has 0 saturated heterocycles. The summed E-state index contributed by atoms with van der Waals surface area (Å²) in [6.07, 6.45) is 1.71. The first-order chi connectivity index (χ1) is 6.77. The lowest BCUT2D eigenvalue weighted by molar-refractivity contribution is -0.0243. The van der Waals surface area contributed by atoms with Crippen molar-refractivity contribution >= 4 is 15.9 Å². The Hall–Kier alpha value is -0.250. The molecule has 0 aliphatic rings. The van der Waals surface area contributed by atoms with Crippen LogP contribution in [0, 0.1) is 0 Å². The van der Waals surface area contributed by atoms with Crippen LogP contribution in [-0.2, 0) is 4.74 Å². The van der Waals surface area contributed by atoms with Crippen LogP contribution in [0.5, 0.6) is 0 Å². The minimum atomic E-state index is -0.216. The Kier molecular flexibility index (Phi) is 6.25. The summed E-state index contributed by atoms with van der Waals surface area (Å²) in [5, 5.41) is 3.51. The average molecular weight is 278 g/mol. The van der Waals surface area contributed by atoms with Crippen LogP contribution in [-0.4, -0.2) is 23.1 Å². The molecular formula is C10H20BrN3O. The third-order valence-corrected chi connectivity index (χ3v) is 2.46. The van der Waals surface area contributed by atoms with Gasteiger partial charge in [-0.05, 0) is 46.1 Å². The molecule has 0 fully saturated rings. The summed E-state index contributed by atoms with van der Waals surface area (Å²) in [7, 11) is 0. The molecule has 0 aromatic carbocycles. The van der Waals surface area contributed by atoms with Crippen LogP contribution in [0.2, 0.25) is 0 Å². The fraction of sp³-hybridized carbons (Fsp3) is 1.00. The molecule has 88 valence electrons. The Bertz CT molecular complexity index is 229. The molecule has 0 unspecified atom stereocenters. The van der Waals surface area contributed by atoms with Crippen molar-refractivity contribution in [2.45, 2.75) is 50.5 Å². The molecule has 0 saturated carbocycles. The van der Waals surface area contributed by atoms with Gasteiger partial charge in [0.1, 0.15) is 0 Å². The van der Waals surface area contributed by atoms with Gasteiger partial charge in [0.05, 0.1) is 5.60 Å². The number of halogens is 1. The topological polar surface area (TPSA) is 58.0 Å². The SMILES string of the molecule is CC(C)(Br)CCOC(C)(C)CCN=[N+]=[N-]. The number of azide groups is 1. The largest absolute Gasteiger partial charge is 0.376 e. The van der Waals surface area contributed by atoms with Gasteiger partial charge in [-0.25, -0.2) is 0 Å². The van der Waals surface area contributed by atoms with Crippen molar-refractivity contribution in [3.63, 3.8) is 0 Å². The van der Waals surface area contributed by atoms with Crippen molar-refractivity contribution in [2.75, 3.05) is 13.2 Å². The maximum absolute atomic E-state index is 8.16. The maximum Gasteiger partial charge on any atom is 0.0627 e. The standard InChI is InChI=1S/C10H20BrN3O/c1-9(2,11)6-8-15-10(3,4)5-7-13-14-12/h5-8H2,1-4H3. The fourth-order valence-corrected chi connectivity index (χ4v) is 1.17. The van der Waals surface area contributed by atoms with E-state index in [1.165, 1.54) is 0 Å². The molecule has 4 nitrogen and oxygen atoms in total. The number of alkyl halides is 1. The lowest BCUT2D eigenvalue weighted by atomic mass is 10.1. The molecule has 0 N–H and O–H groups in total. The first kappa shape index (κ1) is 14.8. The Labute approximate surface area is 100 Å². The molecule has 15 heavy (non-hydrogen) atoms. The Morgan fingerprint density at radius 2 is 1.87 bits per heavy atom. The van der Waals surface area contributed by atoms with E-state index < -0.39 is 0 Å². The van der Waals surface area contributed by atoms with E-state index in [2.05, 4.69) is 39.8 Å². The number of hydrogen-bond donors (Lipinski definition) is 0. The number of nitrogens with zero attached hydrogens (tertiary/aromatic N) is 3. The number of rotatable bonds is 7. The molecule has 0 amide bonds. The van der Waals surface area contributed by atoms with Crippen LogP contribution in [0.4, 0.5) is 0 Å². The van der Waals surface area contributed by atoms with Gasteiger partial charge in [-0.1, -0.05) is 21.0 Å². The molecule has 0 rings (SSSR count). The van der Waals surface area contributed by atoms with Gasteiger partial charge in [-0.2, -0.15) is 0 Å². The Morgan fingerprint density at radius 1 is 1.27 bits per heavy atom. The van der Waals surface area contributed by atoms with Gasteiger partial charge in [0, 0.05) is 22.4 Å². The minimum absolute atomic E-state index is 0.119. The van der Waals surface area contributed by atoms with Crippen molar-refractivity contribution < 1.29 is 4.74 Å². The van der Waals surface area contributed by atoms with Gasteiger partial charge in [-0.15, -0.1) is 0 Å². The maximum atomic E-state index is 8.16. The third-order valence-electron chi connectivity index (χ3n) is 2.07. The molecule has 0 spiro atoms. The second kappa shape index (κ2) is 6.36. The van der Waals surface area contributed by atoms with Gasteiger partial charge in [0.25, 0.3) is 0 Å². The number of ether oxygens (including phenoxy) is 1. The molecule has 0 aliphatic carbocycles. The van der Waals surface area contributed by atoms with Crippen molar-refractivity contribution in [1.82, 2.24) is 0 Å². The molecular weight excluding hydrogens is 258 g/mol. The summed E-state index contributed by atoms with van der Waals surface area (Å²) < 4.78 is 5.86. The highest BCUT2D eigenvalue weighted by atomic mass is 79.9. The lowest BCUT2D eigenvalue weighted by Gasteiger charge is -2.26. The highest BCUT2D eigenvalue weighted by Crippen LogP contribution is 2.22. The molecule has 0 aliphatic heterocycles. The van der Waals surface area contributed by atoms with Gasteiger partial charge < -0.3 is 4.74 Å². The molecule has 0 atom stereocenters. The zero-order valence-corrected chi connectivity index (χ0v) is 11.5. The van der Waals surface area contributed by atoms with E-state index in [0.29, 0.717) is 13.2 Å². The second-order valence-corrected chi connectivity index (χ2v) is 6.93. The fourth-order valence-electron chi connectivity index (χ4n) is 1.01. The van der Waals surface area contributed by atoms with E-state index >= 15 is 0 Å². The van der Waals surface area contributed by atoms with E-state index in [1.807, 2.05) is 13.8 Å². The van der Waals surface area contributed by atoms with Gasteiger partial charge >= 0.3 is 0 Å². The van der Waals surface area contributed by atoms with Crippen LogP contribution >= 0.6 is 15.9 Å². The number of hydrogen-bond acceptors (Lipinski definition) is 2. The van der Waals surface area contributed by atoms with Crippen molar-refractivity contribution in [1.29, 1.82) is 0 Å². The van der Waals surface area contributed by atoms with Gasteiger partial charge in [-0.3, -0.25) is 0 Å². The van der Waals surface area contributed by atoms with Crippen molar-refractivity contribution in [3.05, 3.63) is 10.4 Å². The van der Waals surface area contributed by atoms with Crippen LogP contribution < -0.4 is 0 Å². The normalized spacial score (nSPS) is 12.3. The Balaban J connectivity index is 3.78. The summed E-state index contributed by atoms with van der Waals surface area (Å²) >= 11 is 3.56. The molecule has 5 heteroatoms. The van der Waals surface area contributed by atoms with E-state index in [9.17, 15) is 0 Å². The van der Waals surface area contributed by atoms with Crippen LogP contribution in [0.3, 0.4) is 0 Å². The monoisotopic (exact) mass is 277 g/mol. The minimum Gasteiger partial charge on any atom is -0.376 e. The van der Waals surface area contributed by atoms with E-state index in [-0.39, 0.29) is 9.93 Å². The third kappa shape index (κ3) is 10.0.